The first-order valence-corrected chi connectivity index (χ1v) is 11.8. The molecule has 0 aliphatic rings. The number of aromatic nitrogens is 4. The Kier molecular flexibility index (Phi) is 7.00. The van der Waals surface area contributed by atoms with Gasteiger partial charge in [0.25, 0.3) is 5.56 Å². The van der Waals surface area contributed by atoms with Crippen LogP contribution in [0.5, 0.6) is 5.75 Å². The summed E-state index contributed by atoms with van der Waals surface area (Å²) in [7, 11) is 0. The first-order chi connectivity index (χ1) is 16.8. The Labute approximate surface area is 204 Å². The lowest BCUT2D eigenvalue weighted by Crippen LogP contribution is -2.30. The summed E-state index contributed by atoms with van der Waals surface area (Å²) in [6.45, 7) is 9.76. The number of hydrogen-bond acceptors (Lipinski definition) is 6. The van der Waals surface area contributed by atoms with E-state index in [9.17, 15) is 9.59 Å². The number of pyridine rings is 1. The fraction of sp³-hybridized carbons (Fsp3) is 0.333. The quantitative estimate of drug-likeness (QED) is 0.347. The van der Waals surface area contributed by atoms with Crippen molar-refractivity contribution in [2.24, 2.45) is 0 Å². The van der Waals surface area contributed by atoms with E-state index < -0.39 is 12.1 Å². The Hall–Kier alpha value is -3.94. The van der Waals surface area contributed by atoms with E-state index in [4.69, 9.17) is 19.6 Å². The van der Waals surface area contributed by atoms with Crippen molar-refractivity contribution in [3.8, 4) is 22.7 Å². The molecule has 0 spiro atoms. The van der Waals surface area contributed by atoms with E-state index in [1.54, 1.807) is 32.2 Å². The first kappa shape index (κ1) is 24.2. The van der Waals surface area contributed by atoms with Crippen LogP contribution in [0.2, 0.25) is 0 Å². The van der Waals surface area contributed by atoms with E-state index in [1.807, 2.05) is 55.8 Å². The molecule has 182 valence electrons. The van der Waals surface area contributed by atoms with E-state index in [2.05, 4.69) is 0 Å². The molecule has 1 aromatic carbocycles. The van der Waals surface area contributed by atoms with Crippen molar-refractivity contribution in [3.05, 3.63) is 76.0 Å². The number of hydrogen-bond donors (Lipinski definition) is 0. The number of carbonyl (C=O) groups is 1. The number of fused-ring (bicyclic) bond motifs is 1. The van der Waals surface area contributed by atoms with E-state index in [1.165, 1.54) is 4.40 Å². The highest BCUT2D eigenvalue weighted by Crippen LogP contribution is 2.25. The van der Waals surface area contributed by atoms with Crippen molar-refractivity contribution in [2.75, 3.05) is 6.61 Å². The van der Waals surface area contributed by atoms with Gasteiger partial charge in [0.05, 0.1) is 23.6 Å². The van der Waals surface area contributed by atoms with Crippen LogP contribution < -0.4 is 10.3 Å². The third-order valence-corrected chi connectivity index (χ3v) is 5.86. The number of nitrogens with zero attached hydrogens (tertiary/aromatic N) is 4. The van der Waals surface area contributed by atoms with Crippen LogP contribution in [-0.4, -0.2) is 37.8 Å². The molecule has 1 unspecified atom stereocenters. The molecule has 4 aromatic rings. The summed E-state index contributed by atoms with van der Waals surface area (Å²) in [5.41, 5.74) is 4.55. The second-order valence-corrected chi connectivity index (χ2v) is 8.46. The number of para-hydroxylation sites is 1. The molecule has 0 N–H and O–H groups in total. The van der Waals surface area contributed by atoms with Gasteiger partial charge in [-0.1, -0.05) is 31.5 Å². The van der Waals surface area contributed by atoms with Crippen LogP contribution in [-0.2, 0) is 9.53 Å². The van der Waals surface area contributed by atoms with Gasteiger partial charge < -0.3 is 9.47 Å². The van der Waals surface area contributed by atoms with Crippen molar-refractivity contribution in [1.29, 1.82) is 0 Å². The summed E-state index contributed by atoms with van der Waals surface area (Å²) in [5, 5.41) is 4.75. The third kappa shape index (κ3) is 4.69. The Morgan fingerprint density at radius 1 is 1.09 bits per heavy atom. The second-order valence-electron chi connectivity index (χ2n) is 8.46. The molecular formula is C27H30N4O4. The molecule has 3 aromatic heterocycles. The molecule has 3 heterocycles. The molecule has 35 heavy (non-hydrogen) atoms. The molecule has 0 amide bonds. The predicted molar refractivity (Wildman–Crippen MR) is 134 cm³/mol. The third-order valence-electron chi connectivity index (χ3n) is 5.86. The van der Waals surface area contributed by atoms with Crippen LogP contribution in [0.1, 0.15) is 43.6 Å². The topological polar surface area (TPSA) is 87.7 Å². The normalized spacial score (nSPS) is 12.0. The summed E-state index contributed by atoms with van der Waals surface area (Å²) in [6.07, 6.45) is 2.12. The minimum Gasteiger partial charge on any atom is -0.475 e. The van der Waals surface area contributed by atoms with Crippen molar-refractivity contribution in [2.45, 2.75) is 53.6 Å². The van der Waals surface area contributed by atoms with E-state index in [0.29, 0.717) is 34.8 Å². The molecule has 0 radical (unpaired) electrons. The minimum absolute atomic E-state index is 0.254. The average Bonchev–Trinajstić information content (AvgIpc) is 3.20. The maximum atomic E-state index is 13.6. The van der Waals surface area contributed by atoms with Crippen LogP contribution in [0.3, 0.4) is 0 Å². The standard InChI is InChI=1S/C27H30N4O4/c1-6-11-23(27(33)34-7-2)35-22-14-10-15-30-25(22)28-19(5)24(26(30)32)20-16-18(4)31(29-20)21-13-9-8-12-17(21)3/h8-10,12-16,23H,6-7,11H2,1-5H3. The fourth-order valence-electron chi connectivity index (χ4n) is 4.15. The number of rotatable bonds is 8. The van der Waals surface area contributed by atoms with E-state index in [0.717, 1.165) is 23.4 Å². The first-order valence-electron chi connectivity index (χ1n) is 11.8. The largest absolute Gasteiger partial charge is 0.475 e. The maximum absolute atomic E-state index is 13.6. The second kappa shape index (κ2) is 10.1. The molecule has 8 heteroatoms. The minimum atomic E-state index is -0.768. The van der Waals surface area contributed by atoms with E-state index >= 15 is 0 Å². The monoisotopic (exact) mass is 474 g/mol. The number of carbonyl (C=O) groups excluding carboxylic acids is 1. The van der Waals surface area contributed by atoms with Crippen LogP contribution in [0.4, 0.5) is 0 Å². The van der Waals surface area contributed by atoms with Gasteiger partial charge in [-0.25, -0.2) is 14.5 Å². The van der Waals surface area contributed by atoms with Gasteiger partial charge in [-0.3, -0.25) is 9.20 Å². The van der Waals surface area contributed by atoms with Gasteiger partial charge in [0, 0.05) is 11.9 Å². The van der Waals surface area contributed by atoms with Gasteiger partial charge in [-0.2, -0.15) is 5.10 Å². The fourth-order valence-corrected chi connectivity index (χ4v) is 4.15. The summed E-state index contributed by atoms with van der Waals surface area (Å²) >= 11 is 0. The van der Waals surface area contributed by atoms with Gasteiger partial charge in [0.2, 0.25) is 0 Å². The number of benzene rings is 1. The van der Waals surface area contributed by atoms with Crippen molar-refractivity contribution < 1.29 is 14.3 Å². The highest BCUT2D eigenvalue weighted by molar-refractivity contribution is 5.75. The molecule has 0 bridgehead atoms. The number of aryl methyl sites for hydroxylation is 3. The molecule has 0 fully saturated rings. The molecule has 1 atom stereocenters. The summed E-state index contributed by atoms with van der Waals surface area (Å²) in [5.74, 6) is -0.0726. The highest BCUT2D eigenvalue weighted by Gasteiger charge is 2.24. The lowest BCUT2D eigenvalue weighted by Gasteiger charge is -2.18. The van der Waals surface area contributed by atoms with E-state index in [-0.39, 0.29) is 12.2 Å². The number of ether oxygens (including phenoxy) is 2. The molecular weight excluding hydrogens is 444 g/mol. The highest BCUT2D eigenvalue weighted by atomic mass is 16.6. The van der Waals surface area contributed by atoms with Gasteiger partial charge >= 0.3 is 5.97 Å². The van der Waals surface area contributed by atoms with Gasteiger partial charge in [0.1, 0.15) is 5.69 Å². The molecule has 8 nitrogen and oxygen atoms in total. The molecule has 0 aliphatic heterocycles. The van der Waals surface area contributed by atoms with Crippen LogP contribution in [0.15, 0.2) is 53.5 Å². The van der Waals surface area contributed by atoms with Gasteiger partial charge in [-0.05, 0) is 63.9 Å². The molecule has 0 saturated carbocycles. The Morgan fingerprint density at radius 3 is 2.57 bits per heavy atom. The predicted octanol–water partition coefficient (Wildman–Crippen LogP) is 4.58. The zero-order valence-corrected chi connectivity index (χ0v) is 20.7. The summed E-state index contributed by atoms with van der Waals surface area (Å²) < 4.78 is 14.5. The lowest BCUT2D eigenvalue weighted by molar-refractivity contribution is -0.151. The Morgan fingerprint density at radius 2 is 1.86 bits per heavy atom. The van der Waals surface area contributed by atoms with Gasteiger partial charge in [-0.15, -0.1) is 0 Å². The number of esters is 1. The Balaban J connectivity index is 1.79. The van der Waals surface area contributed by atoms with Gasteiger partial charge in [0.15, 0.2) is 17.5 Å². The van der Waals surface area contributed by atoms with Crippen LogP contribution in [0, 0.1) is 20.8 Å². The summed E-state index contributed by atoms with van der Waals surface area (Å²) in [4.78, 5) is 30.7. The van der Waals surface area contributed by atoms with Crippen LogP contribution >= 0.6 is 0 Å². The smallest absolute Gasteiger partial charge is 0.347 e. The Bertz CT molecular complexity index is 1440. The maximum Gasteiger partial charge on any atom is 0.347 e. The molecule has 0 aliphatic carbocycles. The lowest BCUT2D eigenvalue weighted by atomic mass is 10.1. The van der Waals surface area contributed by atoms with Crippen molar-refractivity contribution in [1.82, 2.24) is 19.2 Å². The zero-order chi connectivity index (χ0) is 25.1. The van der Waals surface area contributed by atoms with Crippen molar-refractivity contribution in [3.63, 3.8) is 0 Å². The SMILES string of the molecule is CCCC(Oc1cccn2c(=O)c(-c3cc(C)n(-c4ccccc4C)n3)c(C)nc12)C(=O)OCC. The zero-order valence-electron chi connectivity index (χ0n) is 20.7. The average molecular weight is 475 g/mol. The van der Waals surface area contributed by atoms with Crippen LogP contribution in [0.25, 0.3) is 22.6 Å². The summed E-state index contributed by atoms with van der Waals surface area (Å²) in [6, 6.07) is 13.3. The van der Waals surface area contributed by atoms with Crippen molar-refractivity contribution >= 4 is 11.6 Å². The molecule has 0 saturated heterocycles. The molecule has 4 rings (SSSR count).